The molecule has 0 aromatic rings. The number of esters is 2. The van der Waals surface area contributed by atoms with Crippen molar-refractivity contribution in [3.05, 3.63) is 35.3 Å². The number of cyclic esters (lactones) is 2. The summed E-state index contributed by atoms with van der Waals surface area (Å²) in [4.78, 5) is 41.0. The molecule has 17 nitrogen and oxygen atoms in total. The Kier molecular flexibility index (Phi) is 19.5. The molecule has 2 saturated heterocycles. The first-order valence-corrected chi connectivity index (χ1v) is 23.4. The van der Waals surface area contributed by atoms with Crippen molar-refractivity contribution in [2.45, 2.75) is 179 Å². The normalized spacial score (nSPS) is 32.1. The summed E-state index contributed by atoms with van der Waals surface area (Å²) in [7, 11) is 10.5. The van der Waals surface area contributed by atoms with Crippen molar-refractivity contribution in [2.24, 2.45) is 11.8 Å². The molecule has 4 aliphatic rings. The number of methoxy groups -OCH3 is 2. The molecule has 364 valence electrons. The number of ether oxygens (including phenoxy) is 10. The van der Waals surface area contributed by atoms with Gasteiger partial charge in [-0.25, -0.2) is 9.59 Å². The number of nitrogens with zero attached hydrogens (tertiary/aromatic N) is 2. The monoisotopic (exact) mass is 944 g/mol. The van der Waals surface area contributed by atoms with Crippen LogP contribution >= 0.6 is 16.9 Å². The van der Waals surface area contributed by atoms with Gasteiger partial charge in [-0.1, -0.05) is 19.9 Å². The largest absolute Gasteiger partial charge is 0.456 e. The van der Waals surface area contributed by atoms with Crippen LogP contribution < -0.4 is 0 Å². The van der Waals surface area contributed by atoms with Crippen LogP contribution in [-0.2, 0) is 70.9 Å². The van der Waals surface area contributed by atoms with Gasteiger partial charge in [0.05, 0.1) is 23.4 Å². The van der Waals surface area contributed by atoms with Crippen LogP contribution in [0.4, 0.5) is 0 Å². The van der Waals surface area contributed by atoms with Gasteiger partial charge < -0.3 is 62.0 Å². The molecule has 0 aliphatic carbocycles. The Labute approximate surface area is 383 Å². The van der Waals surface area contributed by atoms with E-state index in [9.17, 15) is 23.5 Å². The second kappa shape index (κ2) is 22.4. The van der Waals surface area contributed by atoms with Crippen molar-refractivity contribution in [1.29, 1.82) is 0 Å². The molecule has 4 rings (SSSR count). The minimum absolute atomic E-state index is 0.0113. The third-order valence-corrected chi connectivity index (χ3v) is 14.1. The number of rotatable bonds is 18. The standard InChI is InChI=1S/C23H38NO7P.C22H36NO8P/c1-11-23(7,27-10)19(14(3)17-15(4)20(25)31-22(5,6)30-17)29-21-18(32-26)16(24(8)9)12-13(2)28-21;1-12-10-15(23(7)8)17(32-26)20(28-12)29-18(22(6,11-24)27-9)13(2)16-14(3)19(25)31-21(4,5)30-16/h11,13-14,16,18-19,21H,1,12H2,2-10H3;11-13,15,17-18,20H,10H2,1-9H3/t13-,14+,16?,18-,19-,21+,23-;12-,13+,15?,17-,18-,20+,22-/m11/s1. The van der Waals surface area contributed by atoms with Crippen LogP contribution in [0.25, 0.3) is 0 Å². The first-order chi connectivity index (χ1) is 29.6. The molecule has 0 spiro atoms. The Morgan fingerprint density at radius 1 is 0.703 bits per heavy atom. The number of hydrogen-bond acceptors (Lipinski definition) is 17. The average molecular weight is 945 g/mol. The van der Waals surface area contributed by atoms with Gasteiger partial charge in [-0.3, -0.25) is 9.13 Å². The Balaban J connectivity index is 0.000000340. The molecule has 0 aromatic carbocycles. The molecule has 19 heteroatoms. The average Bonchev–Trinajstić information content (AvgIpc) is 3.22. The van der Waals surface area contributed by atoms with Gasteiger partial charge in [0.25, 0.3) is 0 Å². The zero-order valence-corrected chi connectivity index (χ0v) is 42.9. The SMILES string of the molecule is C=C[C@@](C)(OC)[C@H](O[C@@H]1O[C@H](C)CC(N(C)C)[C@H]1P=O)[C@@H](C)C1=C(C)C(=O)OC(C)(C)O1.CO[C@](C)(C=O)[C@H](O[C@@H]1O[C@H](C)CC(N(C)C)[C@H]1P=O)[C@@H](C)C1=C(C)C(=O)OC(C)(C)O1. The van der Waals surface area contributed by atoms with Crippen molar-refractivity contribution in [3.63, 3.8) is 0 Å². The van der Waals surface area contributed by atoms with Gasteiger partial charge in [0.15, 0.2) is 35.8 Å². The molecule has 0 aromatic heterocycles. The smallest absolute Gasteiger partial charge is 0.340 e. The summed E-state index contributed by atoms with van der Waals surface area (Å²) in [6, 6.07) is -0.0399. The van der Waals surface area contributed by atoms with Gasteiger partial charge in [0, 0.05) is 65.8 Å². The molecular formula is C45H74N2O15P2. The maximum absolute atomic E-state index is 12.5. The van der Waals surface area contributed by atoms with Crippen molar-refractivity contribution in [1.82, 2.24) is 9.80 Å². The third kappa shape index (κ3) is 12.8. The van der Waals surface area contributed by atoms with Crippen molar-refractivity contribution in [2.75, 3.05) is 42.4 Å². The molecule has 0 radical (unpaired) electrons. The van der Waals surface area contributed by atoms with Crippen LogP contribution in [0.1, 0.15) is 95.9 Å². The van der Waals surface area contributed by atoms with E-state index in [1.807, 2.05) is 65.7 Å². The van der Waals surface area contributed by atoms with E-state index in [2.05, 4.69) is 6.58 Å². The van der Waals surface area contributed by atoms with Gasteiger partial charge >= 0.3 is 11.9 Å². The van der Waals surface area contributed by atoms with Crippen LogP contribution in [0, 0.1) is 11.8 Å². The quantitative estimate of drug-likeness (QED) is 0.0602. The predicted molar refractivity (Wildman–Crippen MR) is 239 cm³/mol. The van der Waals surface area contributed by atoms with Gasteiger partial charge in [-0.15, -0.1) is 6.58 Å². The summed E-state index contributed by atoms with van der Waals surface area (Å²) < 4.78 is 83.4. The minimum atomic E-state index is -1.39. The van der Waals surface area contributed by atoms with Crippen LogP contribution in [0.3, 0.4) is 0 Å². The van der Waals surface area contributed by atoms with Crippen LogP contribution in [0.5, 0.6) is 0 Å². The first kappa shape index (κ1) is 55.6. The van der Waals surface area contributed by atoms with E-state index in [4.69, 9.17) is 47.4 Å². The summed E-state index contributed by atoms with van der Waals surface area (Å²) in [5.74, 6) is -3.41. The van der Waals surface area contributed by atoms with Gasteiger partial charge in [0.1, 0.15) is 46.2 Å². The van der Waals surface area contributed by atoms with E-state index in [1.54, 1.807) is 68.6 Å². The van der Waals surface area contributed by atoms with Crippen LogP contribution in [-0.4, -0.2) is 154 Å². The lowest BCUT2D eigenvalue weighted by Crippen LogP contribution is -2.57. The lowest BCUT2D eigenvalue weighted by molar-refractivity contribution is -0.258. The van der Waals surface area contributed by atoms with Crippen LogP contribution in [0.2, 0.25) is 0 Å². The second-order valence-electron chi connectivity index (χ2n) is 18.9. The lowest BCUT2D eigenvalue weighted by atomic mass is 9.85. The molecule has 14 atom stereocenters. The van der Waals surface area contributed by atoms with E-state index >= 15 is 0 Å². The number of carbonyl (C=O) groups excluding carboxylic acids is 3. The van der Waals surface area contributed by atoms with Crippen LogP contribution in [0.15, 0.2) is 35.3 Å². The van der Waals surface area contributed by atoms with Crippen molar-refractivity contribution < 1.29 is 70.9 Å². The summed E-state index contributed by atoms with van der Waals surface area (Å²) >= 11 is 0. The Hall–Kier alpha value is -2.69. The van der Waals surface area contributed by atoms with E-state index < -0.39 is 82.7 Å². The summed E-state index contributed by atoms with van der Waals surface area (Å²) in [6.07, 6.45) is 0.350. The molecule has 64 heavy (non-hydrogen) atoms. The fourth-order valence-electron chi connectivity index (χ4n) is 8.55. The molecule has 0 amide bonds. The van der Waals surface area contributed by atoms with Crippen molar-refractivity contribution >= 4 is 35.1 Å². The van der Waals surface area contributed by atoms with E-state index in [0.29, 0.717) is 29.8 Å². The molecule has 4 heterocycles. The van der Waals surface area contributed by atoms with Gasteiger partial charge in [-0.2, -0.15) is 0 Å². The molecular weight excluding hydrogens is 870 g/mol. The van der Waals surface area contributed by atoms with Gasteiger partial charge in [-0.05, 0) is 82.6 Å². The third-order valence-electron chi connectivity index (χ3n) is 12.5. The second-order valence-corrected chi connectivity index (χ2v) is 20.5. The first-order valence-electron chi connectivity index (χ1n) is 21.7. The predicted octanol–water partition coefficient (Wildman–Crippen LogP) is 6.83. The topological polar surface area (TPSA) is 184 Å². The highest BCUT2D eigenvalue weighted by molar-refractivity contribution is 7.25. The lowest BCUT2D eigenvalue weighted by Gasteiger charge is -2.46. The Morgan fingerprint density at radius 2 is 1.05 bits per heavy atom. The fourth-order valence-corrected chi connectivity index (χ4v) is 10.1. The molecule has 0 N–H and O–H groups in total. The molecule has 2 fully saturated rings. The Morgan fingerprint density at radius 3 is 1.33 bits per heavy atom. The minimum Gasteiger partial charge on any atom is -0.456 e. The zero-order chi connectivity index (χ0) is 48.9. The maximum Gasteiger partial charge on any atom is 0.340 e. The number of hydrogen-bond donors (Lipinski definition) is 0. The highest BCUT2D eigenvalue weighted by atomic mass is 31.1. The van der Waals surface area contributed by atoms with Gasteiger partial charge in [0.2, 0.25) is 11.6 Å². The highest BCUT2D eigenvalue weighted by Crippen LogP contribution is 2.42. The Bertz CT molecular complexity index is 1630. The molecule has 0 saturated carbocycles. The molecule has 4 aliphatic heterocycles. The van der Waals surface area contributed by atoms with E-state index in [-0.39, 0.29) is 46.8 Å². The zero-order valence-electron chi connectivity index (χ0n) is 41.1. The fraction of sp³-hybridized carbons (Fsp3) is 0.800. The van der Waals surface area contributed by atoms with Crippen molar-refractivity contribution in [3.8, 4) is 0 Å². The molecule has 2 unspecified atom stereocenters. The van der Waals surface area contributed by atoms with E-state index in [1.165, 1.54) is 7.11 Å². The summed E-state index contributed by atoms with van der Waals surface area (Å²) in [6.45, 7) is 24.9. The number of carbonyl (C=O) groups is 3. The number of aldehydes is 1. The molecule has 0 bridgehead atoms. The maximum atomic E-state index is 12.5. The highest BCUT2D eigenvalue weighted by Gasteiger charge is 2.51. The van der Waals surface area contributed by atoms with E-state index in [0.717, 1.165) is 6.42 Å². The summed E-state index contributed by atoms with van der Waals surface area (Å²) in [5, 5.41) is 0. The summed E-state index contributed by atoms with van der Waals surface area (Å²) in [5.41, 5.74) is -2.54.